The van der Waals surface area contributed by atoms with Gasteiger partial charge in [-0.05, 0) is 38.5 Å². The molecule has 0 spiro atoms. The van der Waals surface area contributed by atoms with Gasteiger partial charge in [-0.3, -0.25) is 19.3 Å². The molecular formula is C21H27N5O2S. The molecule has 8 heteroatoms. The molecule has 3 aromatic rings. The number of carbonyl (C=O) groups excluding carboxylic acids is 1. The Morgan fingerprint density at radius 3 is 2.76 bits per heavy atom. The summed E-state index contributed by atoms with van der Waals surface area (Å²) in [4.78, 5) is 22.4. The lowest BCUT2D eigenvalue weighted by Crippen LogP contribution is -2.43. The highest BCUT2D eigenvalue weighted by atomic mass is 32.1. The summed E-state index contributed by atoms with van der Waals surface area (Å²) >= 11 is 1.56. The van der Waals surface area contributed by atoms with Crippen LogP contribution in [-0.4, -0.2) is 65.0 Å². The van der Waals surface area contributed by atoms with Crippen molar-refractivity contribution < 1.29 is 9.53 Å². The monoisotopic (exact) mass is 413 g/mol. The predicted molar refractivity (Wildman–Crippen MR) is 116 cm³/mol. The summed E-state index contributed by atoms with van der Waals surface area (Å²) < 4.78 is 8.40. The maximum Gasteiger partial charge on any atom is 0.280 e. The van der Waals surface area contributed by atoms with E-state index in [1.807, 2.05) is 30.7 Å². The fourth-order valence-corrected chi connectivity index (χ4v) is 4.68. The van der Waals surface area contributed by atoms with Gasteiger partial charge in [-0.15, -0.1) is 0 Å². The highest BCUT2D eigenvalue weighted by molar-refractivity contribution is 7.22. The first kappa shape index (κ1) is 20.0. The van der Waals surface area contributed by atoms with E-state index in [0.717, 1.165) is 66.0 Å². The molecule has 154 valence electrons. The molecule has 0 atom stereocenters. The molecule has 1 aliphatic heterocycles. The molecule has 0 aliphatic carbocycles. The van der Waals surface area contributed by atoms with Crippen LogP contribution >= 0.6 is 11.3 Å². The summed E-state index contributed by atoms with van der Waals surface area (Å²) in [5.41, 5.74) is 3.55. The number of benzene rings is 1. The molecule has 1 amide bonds. The molecule has 0 N–H and O–H groups in total. The van der Waals surface area contributed by atoms with Crippen molar-refractivity contribution in [3.63, 3.8) is 0 Å². The van der Waals surface area contributed by atoms with Gasteiger partial charge >= 0.3 is 0 Å². The Morgan fingerprint density at radius 2 is 2.07 bits per heavy atom. The van der Waals surface area contributed by atoms with Crippen LogP contribution in [0.4, 0.5) is 5.13 Å². The average Bonchev–Trinajstić information content (AvgIpc) is 3.33. The van der Waals surface area contributed by atoms with E-state index < -0.39 is 0 Å². The first-order chi connectivity index (χ1) is 14.1. The molecule has 3 heterocycles. The molecule has 1 saturated heterocycles. The van der Waals surface area contributed by atoms with Gasteiger partial charge in [0.15, 0.2) is 10.8 Å². The van der Waals surface area contributed by atoms with Gasteiger partial charge in [0.1, 0.15) is 0 Å². The second-order valence-electron chi connectivity index (χ2n) is 7.32. The van der Waals surface area contributed by atoms with Gasteiger partial charge in [0, 0.05) is 38.4 Å². The fraction of sp³-hybridized carbons (Fsp3) is 0.476. The zero-order valence-electron chi connectivity index (χ0n) is 17.2. The van der Waals surface area contributed by atoms with Crippen LogP contribution in [0.25, 0.3) is 10.2 Å². The highest BCUT2D eigenvalue weighted by Crippen LogP contribution is 2.31. The average molecular weight is 414 g/mol. The lowest BCUT2D eigenvalue weighted by atomic mass is 10.2. The molecule has 29 heavy (non-hydrogen) atoms. The number of anilines is 1. The van der Waals surface area contributed by atoms with E-state index in [9.17, 15) is 4.79 Å². The molecular weight excluding hydrogens is 386 g/mol. The van der Waals surface area contributed by atoms with Gasteiger partial charge in [0.05, 0.1) is 23.4 Å². The molecule has 0 unspecified atom stereocenters. The van der Waals surface area contributed by atoms with Crippen molar-refractivity contribution in [3.05, 3.63) is 41.2 Å². The van der Waals surface area contributed by atoms with E-state index in [4.69, 9.17) is 9.72 Å². The van der Waals surface area contributed by atoms with Crippen molar-refractivity contribution in [1.29, 1.82) is 0 Å². The number of carbonyl (C=O) groups is 1. The molecule has 4 rings (SSSR count). The summed E-state index contributed by atoms with van der Waals surface area (Å²) in [5.74, 6) is -0.0923. The summed E-state index contributed by atoms with van der Waals surface area (Å²) in [6.07, 6.45) is 0. The Balaban J connectivity index is 1.65. The van der Waals surface area contributed by atoms with Crippen LogP contribution in [0, 0.1) is 13.8 Å². The minimum absolute atomic E-state index is 0.0923. The Labute approximate surface area is 174 Å². The van der Waals surface area contributed by atoms with Crippen molar-refractivity contribution in [2.45, 2.75) is 27.3 Å². The van der Waals surface area contributed by atoms with Crippen LogP contribution < -0.4 is 4.90 Å². The number of aryl methyl sites for hydroxylation is 3. The minimum Gasteiger partial charge on any atom is -0.379 e. The molecule has 1 fully saturated rings. The largest absolute Gasteiger partial charge is 0.379 e. The second-order valence-corrected chi connectivity index (χ2v) is 8.32. The second kappa shape index (κ2) is 8.61. The van der Waals surface area contributed by atoms with Crippen molar-refractivity contribution in [2.75, 3.05) is 44.3 Å². The van der Waals surface area contributed by atoms with Crippen molar-refractivity contribution in [3.8, 4) is 0 Å². The van der Waals surface area contributed by atoms with Crippen LogP contribution in [0.1, 0.15) is 28.7 Å². The predicted octanol–water partition coefficient (Wildman–Crippen LogP) is 3.11. The number of rotatable bonds is 6. The number of para-hydroxylation sites is 1. The summed E-state index contributed by atoms with van der Waals surface area (Å²) in [6.45, 7) is 11.4. The van der Waals surface area contributed by atoms with Gasteiger partial charge in [-0.2, -0.15) is 5.10 Å². The number of aromatic nitrogens is 3. The van der Waals surface area contributed by atoms with Gasteiger partial charge in [-0.1, -0.05) is 23.5 Å². The smallest absolute Gasteiger partial charge is 0.280 e. The first-order valence-electron chi connectivity index (χ1n) is 10.1. The maximum absolute atomic E-state index is 13.4. The van der Waals surface area contributed by atoms with E-state index in [-0.39, 0.29) is 5.91 Å². The van der Waals surface area contributed by atoms with Crippen LogP contribution in [0.15, 0.2) is 24.3 Å². The summed E-state index contributed by atoms with van der Waals surface area (Å²) in [6, 6.07) is 8.01. The number of hydrogen-bond donors (Lipinski definition) is 0. The standard InChI is InChI=1S/C21H27N5O2S/c1-4-26-16(3)14-17(23-26)20(27)25(9-8-24-10-12-28-13-11-24)21-22-19-15(2)6-5-7-18(19)29-21/h5-7,14H,4,8-13H2,1-3H3. The van der Waals surface area contributed by atoms with Crippen molar-refractivity contribution in [1.82, 2.24) is 19.7 Å². The third kappa shape index (κ3) is 4.19. The molecule has 1 aliphatic rings. The molecule has 0 bridgehead atoms. The Hall–Kier alpha value is -2.29. The molecule has 2 aromatic heterocycles. The first-order valence-corrected chi connectivity index (χ1v) is 10.9. The molecule has 0 radical (unpaired) electrons. The van der Waals surface area contributed by atoms with E-state index in [2.05, 4.69) is 29.1 Å². The Kier molecular flexibility index (Phi) is 5.94. The lowest BCUT2D eigenvalue weighted by Gasteiger charge is -2.29. The topological polar surface area (TPSA) is 63.5 Å². The van der Waals surface area contributed by atoms with Crippen molar-refractivity contribution >= 4 is 32.6 Å². The fourth-order valence-electron chi connectivity index (χ4n) is 3.61. The summed E-state index contributed by atoms with van der Waals surface area (Å²) in [7, 11) is 0. The van der Waals surface area contributed by atoms with E-state index in [1.54, 1.807) is 16.2 Å². The number of nitrogens with zero attached hydrogens (tertiary/aromatic N) is 5. The Morgan fingerprint density at radius 1 is 1.28 bits per heavy atom. The third-order valence-corrected chi connectivity index (χ3v) is 6.37. The van der Waals surface area contributed by atoms with Gasteiger partial charge < -0.3 is 4.74 Å². The van der Waals surface area contributed by atoms with Crippen LogP contribution in [-0.2, 0) is 11.3 Å². The van der Waals surface area contributed by atoms with E-state index in [1.165, 1.54) is 0 Å². The SMILES string of the molecule is CCn1nc(C(=O)N(CCN2CCOCC2)c2nc3c(C)cccc3s2)cc1C. The molecule has 7 nitrogen and oxygen atoms in total. The van der Waals surface area contributed by atoms with Crippen LogP contribution in [0.3, 0.4) is 0 Å². The Bertz CT molecular complexity index is 1010. The molecule has 1 aromatic carbocycles. The number of hydrogen-bond acceptors (Lipinski definition) is 6. The van der Waals surface area contributed by atoms with E-state index >= 15 is 0 Å². The van der Waals surface area contributed by atoms with Crippen molar-refractivity contribution in [2.24, 2.45) is 0 Å². The number of fused-ring (bicyclic) bond motifs is 1. The van der Waals surface area contributed by atoms with Gasteiger partial charge in [0.2, 0.25) is 0 Å². The zero-order chi connectivity index (χ0) is 20.4. The molecule has 0 saturated carbocycles. The number of amides is 1. The lowest BCUT2D eigenvalue weighted by molar-refractivity contribution is 0.0391. The highest BCUT2D eigenvalue weighted by Gasteiger charge is 2.25. The normalized spacial score (nSPS) is 15.1. The third-order valence-electron chi connectivity index (χ3n) is 5.33. The number of thiazole rings is 1. The quantitative estimate of drug-likeness (QED) is 0.621. The number of ether oxygens (including phenoxy) is 1. The van der Waals surface area contributed by atoms with Crippen LogP contribution in [0.2, 0.25) is 0 Å². The van der Waals surface area contributed by atoms with Gasteiger partial charge in [0.25, 0.3) is 5.91 Å². The summed E-state index contributed by atoms with van der Waals surface area (Å²) in [5, 5.41) is 5.24. The maximum atomic E-state index is 13.4. The minimum atomic E-state index is -0.0923. The van der Waals surface area contributed by atoms with Crippen LogP contribution in [0.5, 0.6) is 0 Å². The van der Waals surface area contributed by atoms with Gasteiger partial charge in [-0.25, -0.2) is 4.98 Å². The van der Waals surface area contributed by atoms with E-state index in [0.29, 0.717) is 12.2 Å². The zero-order valence-corrected chi connectivity index (χ0v) is 18.0. The number of morpholine rings is 1.